The monoisotopic (exact) mass is 421 g/mol. The van der Waals surface area contributed by atoms with Gasteiger partial charge in [-0.1, -0.05) is 18.2 Å². The number of amides is 1. The molecule has 0 aliphatic heterocycles. The zero-order valence-corrected chi connectivity index (χ0v) is 17.3. The Hall–Kier alpha value is -3.45. The summed E-state index contributed by atoms with van der Waals surface area (Å²) in [4.78, 5) is 18.1. The van der Waals surface area contributed by atoms with Crippen LogP contribution in [0.2, 0.25) is 0 Å². The van der Waals surface area contributed by atoms with E-state index in [1.54, 1.807) is 18.2 Å². The third-order valence-electron chi connectivity index (χ3n) is 4.53. The van der Waals surface area contributed by atoms with Crippen molar-refractivity contribution < 1.29 is 13.6 Å². The molecule has 1 amide bonds. The molecule has 0 fully saturated rings. The number of pyridine rings is 1. The first-order valence-electron chi connectivity index (χ1n) is 9.40. The molecule has 3 aromatic heterocycles. The predicted molar refractivity (Wildman–Crippen MR) is 117 cm³/mol. The van der Waals surface area contributed by atoms with E-state index in [2.05, 4.69) is 15.6 Å². The van der Waals surface area contributed by atoms with E-state index in [4.69, 9.17) is 4.42 Å². The van der Waals surface area contributed by atoms with Gasteiger partial charge in [0.15, 0.2) is 5.76 Å². The van der Waals surface area contributed by atoms with Gasteiger partial charge in [0, 0.05) is 16.1 Å². The van der Waals surface area contributed by atoms with Crippen LogP contribution in [-0.2, 0) is 0 Å². The summed E-state index contributed by atoms with van der Waals surface area (Å²) in [5.41, 5.74) is 2.42. The topological polar surface area (TPSA) is 67.2 Å². The molecule has 1 atom stereocenters. The summed E-state index contributed by atoms with van der Waals surface area (Å²) in [5.74, 6) is 0.221. The molecule has 0 aliphatic carbocycles. The molecule has 0 saturated carbocycles. The number of nitrogens with one attached hydrogen (secondary N) is 2. The van der Waals surface area contributed by atoms with E-state index in [1.807, 2.05) is 44.2 Å². The highest BCUT2D eigenvalue weighted by Gasteiger charge is 2.23. The molecular weight excluding hydrogens is 401 g/mol. The fourth-order valence-corrected chi connectivity index (χ4v) is 4.16. The Balaban J connectivity index is 1.74. The Labute approximate surface area is 177 Å². The van der Waals surface area contributed by atoms with Crippen LogP contribution in [-0.4, -0.2) is 10.9 Å². The lowest BCUT2D eigenvalue weighted by Crippen LogP contribution is -2.17. The zero-order chi connectivity index (χ0) is 21.1. The number of anilines is 2. The third-order valence-corrected chi connectivity index (χ3v) is 5.51. The highest BCUT2D eigenvalue weighted by Crippen LogP contribution is 2.37. The van der Waals surface area contributed by atoms with Gasteiger partial charge in [0.2, 0.25) is 0 Å². The summed E-state index contributed by atoms with van der Waals surface area (Å²) in [6.07, 6.45) is 1.45. The Morgan fingerprint density at radius 3 is 2.67 bits per heavy atom. The average Bonchev–Trinajstić information content (AvgIpc) is 3.36. The van der Waals surface area contributed by atoms with E-state index in [-0.39, 0.29) is 17.5 Å². The van der Waals surface area contributed by atoms with Gasteiger partial charge in [-0.05, 0) is 61.9 Å². The van der Waals surface area contributed by atoms with E-state index in [9.17, 15) is 9.18 Å². The predicted octanol–water partition coefficient (Wildman–Crippen LogP) is 5.95. The van der Waals surface area contributed by atoms with Crippen molar-refractivity contribution in [3.05, 3.63) is 100 Å². The summed E-state index contributed by atoms with van der Waals surface area (Å²) in [6.45, 7) is 3.87. The van der Waals surface area contributed by atoms with Crippen molar-refractivity contribution in [2.24, 2.45) is 0 Å². The lowest BCUT2D eigenvalue weighted by Gasteiger charge is -2.21. The first-order valence-corrected chi connectivity index (χ1v) is 10.2. The lowest BCUT2D eigenvalue weighted by molar-refractivity contribution is 0.0997. The summed E-state index contributed by atoms with van der Waals surface area (Å²) >= 11 is 1.45. The van der Waals surface area contributed by atoms with Gasteiger partial charge < -0.3 is 15.1 Å². The highest BCUT2D eigenvalue weighted by atomic mass is 32.1. The Morgan fingerprint density at radius 2 is 1.93 bits per heavy atom. The second-order valence-corrected chi connectivity index (χ2v) is 8.13. The molecule has 7 heteroatoms. The van der Waals surface area contributed by atoms with Crippen molar-refractivity contribution in [1.29, 1.82) is 0 Å². The van der Waals surface area contributed by atoms with Crippen LogP contribution in [0.15, 0.2) is 71.3 Å². The van der Waals surface area contributed by atoms with Crippen LogP contribution < -0.4 is 10.6 Å². The normalized spacial score (nSPS) is 11.8. The van der Waals surface area contributed by atoms with Crippen LogP contribution in [0.3, 0.4) is 0 Å². The Bertz CT molecular complexity index is 1170. The van der Waals surface area contributed by atoms with Crippen molar-refractivity contribution in [1.82, 2.24) is 4.98 Å². The number of hydrogen-bond donors (Lipinski definition) is 2. The minimum Gasteiger partial charge on any atom is -0.459 e. The standard InChI is InChI=1S/C23H20FN3O2S/c1-14-6-3-10-20(25-14)26-21(16-7-4-8-17(24)13-16)18-12-15(2)30-23(18)27-22(28)19-9-5-11-29-19/h3-13,21H,1-2H3,(H,25,26)(H,27,28). The number of aryl methyl sites for hydroxylation is 2. The number of carbonyl (C=O) groups is 1. The van der Waals surface area contributed by atoms with Gasteiger partial charge >= 0.3 is 0 Å². The number of thiophene rings is 1. The minimum atomic E-state index is -0.410. The molecule has 0 radical (unpaired) electrons. The number of rotatable bonds is 6. The van der Waals surface area contributed by atoms with E-state index >= 15 is 0 Å². The van der Waals surface area contributed by atoms with Gasteiger partial charge in [0.05, 0.1) is 12.3 Å². The zero-order valence-electron chi connectivity index (χ0n) is 16.5. The lowest BCUT2D eigenvalue weighted by atomic mass is 9.99. The Morgan fingerprint density at radius 1 is 1.10 bits per heavy atom. The number of hydrogen-bond acceptors (Lipinski definition) is 5. The second kappa shape index (κ2) is 8.51. The van der Waals surface area contributed by atoms with Crippen LogP contribution in [0.1, 0.15) is 38.3 Å². The van der Waals surface area contributed by atoms with E-state index in [0.717, 1.165) is 21.7 Å². The van der Waals surface area contributed by atoms with Gasteiger partial charge in [0.1, 0.15) is 16.6 Å². The Kier molecular flexibility index (Phi) is 5.63. The maximum atomic E-state index is 14.0. The third kappa shape index (κ3) is 4.41. The molecule has 1 unspecified atom stereocenters. The minimum absolute atomic E-state index is 0.225. The van der Waals surface area contributed by atoms with Crippen LogP contribution in [0, 0.1) is 19.7 Å². The quantitative estimate of drug-likeness (QED) is 0.404. The SMILES string of the molecule is Cc1cccc(NC(c2cccc(F)c2)c2cc(C)sc2NC(=O)c2ccco2)n1. The second-order valence-electron chi connectivity index (χ2n) is 6.87. The molecule has 3 heterocycles. The van der Waals surface area contributed by atoms with Crippen molar-refractivity contribution in [2.75, 3.05) is 10.6 Å². The molecule has 4 aromatic rings. The fraction of sp³-hybridized carbons (Fsp3) is 0.130. The molecule has 152 valence electrons. The summed E-state index contributed by atoms with van der Waals surface area (Å²) < 4.78 is 19.2. The van der Waals surface area contributed by atoms with Crippen molar-refractivity contribution in [3.8, 4) is 0 Å². The number of benzene rings is 1. The molecular formula is C23H20FN3O2S. The highest BCUT2D eigenvalue weighted by molar-refractivity contribution is 7.16. The molecule has 30 heavy (non-hydrogen) atoms. The first kappa shape index (κ1) is 19.8. The molecule has 2 N–H and O–H groups in total. The summed E-state index contributed by atoms with van der Waals surface area (Å²) in [6, 6.07) is 16.9. The largest absolute Gasteiger partial charge is 0.459 e. The maximum Gasteiger partial charge on any atom is 0.291 e. The smallest absolute Gasteiger partial charge is 0.291 e. The van der Waals surface area contributed by atoms with Gasteiger partial charge in [-0.15, -0.1) is 11.3 Å². The fourth-order valence-electron chi connectivity index (χ4n) is 3.22. The molecule has 0 spiro atoms. The molecule has 4 rings (SSSR count). The van der Waals surface area contributed by atoms with Crippen LogP contribution in [0.4, 0.5) is 15.2 Å². The first-order chi connectivity index (χ1) is 14.5. The summed E-state index contributed by atoms with van der Waals surface area (Å²) in [7, 11) is 0. The maximum absolute atomic E-state index is 14.0. The molecule has 5 nitrogen and oxygen atoms in total. The molecule has 0 aliphatic rings. The van der Waals surface area contributed by atoms with E-state index in [0.29, 0.717) is 10.8 Å². The van der Waals surface area contributed by atoms with Crippen LogP contribution in [0.5, 0.6) is 0 Å². The molecule has 0 bridgehead atoms. The van der Waals surface area contributed by atoms with E-state index in [1.165, 1.54) is 29.7 Å². The van der Waals surface area contributed by atoms with Gasteiger partial charge in [-0.2, -0.15) is 0 Å². The molecule has 1 aromatic carbocycles. The van der Waals surface area contributed by atoms with Gasteiger partial charge in [-0.25, -0.2) is 9.37 Å². The number of carbonyl (C=O) groups excluding carboxylic acids is 1. The summed E-state index contributed by atoms with van der Waals surface area (Å²) in [5, 5.41) is 6.99. The number of halogens is 1. The number of aromatic nitrogens is 1. The van der Waals surface area contributed by atoms with Crippen LogP contribution in [0.25, 0.3) is 0 Å². The van der Waals surface area contributed by atoms with Crippen molar-refractivity contribution in [3.63, 3.8) is 0 Å². The molecule has 0 saturated heterocycles. The van der Waals surface area contributed by atoms with Crippen LogP contribution >= 0.6 is 11.3 Å². The number of furan rings is 1. The van der Waals surface area contributed by atoms with Crippen molar-refractivity contribution in [2.45, 2.75) is 19.9 Å². The van der Waals surface area contributed by atoms with Crippen molar-refractivity contribution >= 4 is 28.1 Å². The van der Waals surface area contributed by atoms with Gasteiger partial charge in [-0.3, -0.25) is 4.79 Å². The van der Waals surface area contributed by atoms with Gasteiger partial charge in [0.25, 0.3) is 5.91 Å². The van der Waals surface area contributed by atoms with E-state index < -0.39 is 6.04 Å². The number of nitrogens with zero attached hydrogens (tertiary/aromatic N) is 1. The average molecular weight is 421 g/mol.